The molecule has 0 amide bonds. The third-order valence-electron chi connectivity index (χ3n) is 0.610. The Labute approximate surface area is 64.0 Å². The van der Waals surface area contributed by atoms with Crippen molar-refractivity contribution in [3.8, 4) is 0 Å². The summed E-state index contributed by atoms with van der Waals surface area (Å²) in [6.45, 7) is 0. The van der Waals surface area contributed by atoms with E-state index in [9.17, 15) is 0 Å². The van der Waals surface area contributed by atoms with Crippen LogP contribution in [0.4, 0.5) is 0 Å². The van der Waals surface area contributed by atoms with Crippen LogP contribution in [0.15, 0.2) is 35.7 Å². The van der Waals surface area contributed by atoms with Gasteiger partial charge in [-0.05, 0) is 12.1 Å². The van der Waals surface area contributed by atoms with E-state index in [-0.39, 0.29) is 0 Å². The quantitative estimate of drug-likeness (QED) is 0.355. The maximum atomic E-state index is 7.31. The molecule has 4 heteroatoms. The zero-order valence-electron chi connectivity index (χ0n) is 5.18. The molecular formula is C6H7ClN2O. The Balaban J connectivity index is 0.000000180. The van der Waals surface area contributed by atoms with Crippen molar-refractivity contribution >= 4 is 17.3 Å². The van der Waals surface area contributed by atoms with Gasteiger partial charge in [0, 0.05) is 12.4 Å². The van der Waals surface area contributed by atoms with E-state index in [1.54, 1.807) is 12.4 Å². The molecule has 0 aliphatic heterocycles. The molecule has 3 nitrogen and oxygen atoms in total. The van der Waals surface area contributed by atoms with Crippen molar-refractivity contribution in [1.82, 2.24) is 4.98 Å². The summed E-state index contributed by atoms with van der Waals surface area (Å²) in [6, 6.07) is 5.72. The van der Waals surface area contributed by atoms with Crippen LogP contribution in [-0.4, -0.2) is 15.9 Å². The smallest absolute Gasteiger partial charge is 0.132 e. The van der Waals surface area contributed by atoms with Crippen molar-refractivity contribution < 1.29 is 5.21 Å². The predicted octanol–water partition coefficient (Wildman–Crippen LogP) is 1.72. The molecule has 0 saturated carbocycles. The molecule has 0 atom stereocenters. The first-order valence-electron chi connectivity index (χ1n) is 2.53. The van der Waals surface area contributed by atoms with Crippen LogP contribution in [0.1, 0.15) is 0 Å². The Hall–Kier alpha value is -1.09. The van der Waals surface area contributed by atoms with Gasteiger partial charge in [-0.25, -0.2) is 0 Å². The van der Waals surface area contributed by atoms with Crippen molar-refractivity contribution in [2.45, 2.75) is 0 Å². The molecule has 1 rings (SSSR count). The number of halogens is 1. The van der Waals surface area contributed by atoms with E-state index in [0.29, 0.717) is 0 Å². The maximum absolute atomic E-state index is 7.31. The maximum Gasteiger partial charge on any atom is 0.132 e. The van der Waals surface area contributed by atoms with Gasteiger partial charge in [0.15, 0.2) is 0 Å². The second kappa shape index (κ2) is 7.91. The minimum atomic E-state index is 0.778. The van der Waals surface area contributed by atoms with E-state index in [2.05, 4.69) is 21.7 Å². The molecule has 0 bridgehead atoms. The Morgan fingerprint density at radius 2 is 1.80 bits per heavy atom. The van der Waals surface area contributed by atoms with Crippen molar-refractivity contribution in [2.75, 3.05) is 0 Å². The number of aromatic nitrogens is 1. The van der Waals surface area contributed by atoms with Crippen LogP contribution in [0.2, 0.25) is 0 Å². The molecule has 0 saturated heterocycles. The molecule has 0 aliphatic rings. The molecule has 0 aliphatic carbocycles. The van der Waals surface area contributed by atoms with Gasteiger partial charge in [0.2, 0.25) is 0 Å². The van der Waals surface area contributed by atoms with Crippen LogP contribution >= 0.6 is 11.6 Å². The monoisotopic (exact) mass is 158 g/mol. The fourth-order valence-electron chi connectivity index (χ4n) is 0.313. The summed E-state index contributed by atoms with van der Waals surface area (Å²) in [6.07, 6.45) is 3.50. The van der Waals surface area contributed by atoms with E-state index in [1.165, 1.54) is 0 Å². The molecule has 1 aromatic rings. The van der Waals surface area contributed by atoms with Crippen LogP contribution in [0, 0.1) is 0 Å². The summed E-state index contributed by atoms with van der Waals surface area (Å²) >= 11 is 4.64. The number of nitrogens with zero attached hydrogens (tertiary/aromatic N) is 2. The lowest BCUT2D eigenvalue weighted by Crippen LogP contribution is -1.58. The van der Waals surface area contributed by atoms with Crippen LogP contribution in [-0.2, 0) is 0 Å². The van der Waals surface area contributed by atoms with E-state index < -0.39 is 0 Å². The highest BCUT2D eigenvalue weighted by molar-refractivity contribution is 6.56. The molecule has 0 radical (unpaired) electrons. The highest BCUT2D eigenvalue weighted by atomic mass is 35.5. The summed E-state index contributed by atoms with van der Waals surface area (Å²) in [5, 5.41) is 9.69. The summed E-state index contributed by atoms with van der Waals surface area (Å²) in [7, 11) is 0. The van der Waals surface area contributed by atoms with Crippen LogP contribution in [0.3, 0.4) is 0 Å². The number of hydrogen-bond acceptors (Lipinski definition) is 3. The molecule has 10 heavy (non-hydrogen) atoms. The SMILES string of the molecule is O/N=C/Cl.c1ccncc1. The molecule has 1 N–H and O–H groups in total. The molecule has 0 aromatic carbocycles. The zero-order valence-corrected chi connectivity index (χ0v) is 5.94. The average molecular weight is 159 g/mol. The molecule has 0 spiro atoms. The largest absolute Gasteiger partial charge is 0.410 e. The number of pyridine rings is 1. The van der Waals surface area contributed by atoms with Gasteiger partial charge in [0.1, 0.15) is 5.67 Å². The minimum absolute atomic E-state index is 0.778. The average Bonchev–Trinajstić information content (AvgIpc) is 2.08. The standard InChI is InChI=1S/C5H5N.CH2ClNO/c1-2-4-6-5-3-1;2-1-3-4/h1-5H;1,4H/b;3-1+. The fraction of sp³-hybridized carbons (Fsp3) is 0. The second-order valence-electron chi connectivity index (χ2n) is 1.24. The van der Waals surface area contributed by atoms with E-state index in [0.717, 1.165) is 5.67 Å². The molecule has 54 valence electrons. The normalized spacial score (nSPS) is 8.50. The fourth-order valence-corrected chi connectivity index (χ4v) is 0.313. The lowest BCUT2D eigenvalue weighted by molar-refractivity contribution is 0.323. The van der Waals surface area contributed by atoms with E-state index in [1.807, 2.05) is 18.2 Å². The van der Waals surface area contributed by atoms with Crippen molar-refractivity contribution in [3.05, 3.63) is 30.6 Å². The Bertz CT molecular complexity index is 136. The van der Waals surface area contributed by atoms with Crippen LogP contribution in [0.5, 0.6) is 0 Å². The third-order valence-corrected chi connectivity index (χ3v) is 0.697. The molecule has 1 aromatic heterocycles. The Morgan fingerprint density at radius 3 is 1.90 bits per heavy atom. The van der Waals surface area contributed by atoms with Crippen molar-refractivity contribution in [3.63, 3.8) is 0 Å². The van der Waals surface area contributed by atoms with Crippen LogP contribution < -0.4 is 0 Å². The van der Waals surface area contributed by atoms with Crippen molar-refractivity contribution in [1.29, 1.82) is 0 Å². The van der Waals surface area contributed by atoms with Gasteiger partial charge in [0.25, 0.3) is 0 Å². The van der Waals surface area contributed by atoms with Gasteiger partial charge in [0.05, 0.1) is 0 Å². The highest BCUT2D eigenvalue weighted by Gasteiger charge is 1.58. The second-order valence-corrected chi connectivity index (χ2v) is 1.43. The van der Waals surface area contributed by atoms with Gasteiger partial charge in [-0.3, -0.25) is 4.98 Å². The first kappa shape index (κ1) is 8.91. The molecule has 0 unspecified atom stereocenters. The van der Waals surface area contributed by atoms with Gasteiger partial charge >= 0.3 is 0 Å². The van der Waals surface area contributed by atoms with Crippen LogP contribution in [0.25, 0.3) is 0 Å². The first-order chi connectivity index (χ1) is 4.91. The number of oxime groups is 1. The zero-order chi connectivity index (χ0) is 7.66. The molecule has 0 fully saturated rings. The van der Waals surface area contributed by atoms with E-state index in [4.69, 9.17) is 5.21 Å². The Morgan fingerprint density at radius 1 is 1.30 bits per heavy atom. The van der Waals surface area contributed by atoms with Gasteiger partial charge in [-0.2, -0.15) is 0 Å². The van der Waals surface area contributed by atoms with Gasteiger partial charge in [-0.1, -0.05) is 22.8 Å². The van der Waals surface area contributed by atoms with Gasteiger partial charge < -0.3 is 5.21 Å². The lowest BCUT2D eigenvalue weighted by Gasteiger charge is -1.70. The van der Waals surface area contributed by atoms with Gasteiger partial charge in [-0.15, -0.1) is 0 Å². The predicted molar refractivity (Wildman–Crippen MR) is 40.4 cm³/mol. The molecule has 1 heterocycles. The minimum Gasteiger partial charge on any atom is -0.410 e. The highest BCUT2D eigenvalue weighted by Crippen LogP contribution is 1.73. The third kappa shape index (κ3) is 6.91. The molecular weight excluding hydrogens is 152 g/mol. The summed E-state index contributed by atoms with van der Waals surface area (Å²) in [4.78, 5) is 3.78. The summed E-state index contributed by atoms with van der Waals surface area (Å²) in [5.74, 6) is 0. The number of hydrogen-bond donors (Lipinski definition) is 1. The topological polar surface area (TPSA) is 45.5 Å². The Kier molecular flexibility index (Phi) is 7.05. The summed E-state index contributed by atoms with van der Waals surface area (Å²) in [5.41, 5.74) is 0.778. The van der Waals surface area contributed by atoms with E-state index >= 15 is 0 Å². The lowest BCUT2D eigenvalue weighted by atomic mass is 10.5. The van der Waals surface area contributed by atoms with Crippen molar-refractivity contribution in [2.24, 2.45) is 5.16 Å². The summed E-state index contributed by atoms with van der Waals surface area (Å²) < 4.78 is 0. The number of rotatable bonds is 0. The first-order valence-corrected chi connectivity index (χ1v) is 2.96.